The van der Waals surface area contributed by atoms with Crippen molar-refractivity contribution in [3.05, 3.63) is 96.6 Å². The lowest BCUT2D eigenvalue weighted by Gasteiger charge is -2.28. The van der Waals surface area contributed by atoms with Gasteiger partial charge in [0.2, 0.25) is 6.79 Å². The van der Waals surface area contributed by atoms with E-state index in [9.17, 15) is 0 Å². The van der Waals surface area contributed by atoms with Gasteiger partial charge < -0.3 is 19.7 Å². The quantitative estimate of drug-likeness (QED) is 0.334. The van der Waals surface area contributed by atoms with E-state index in [0.717, 1.165) is 38.2 Å². The van der Waals surface area contributed by atoms with E-state index >= 15 is 0 Å². The third-order valence-electron chi connectivity index (χ3n) is 6.30. The predicted molar refractivity (Wildman–Crippen MR) is 139 cm³/mol. The van der Waals surface area contributed by atoms with Crippen LogP contribution in [0.3, 0.4) is 0 Å². The Balaban J connectivity index is 1.39. The lowest BCUT2D eigenvalue weighted by atomic mass is 10.0. The zero-order valence-corrected chi connectivity index (χ0v) is 20.0. The number of anilines is 1. The number of hydrogen-bond donors (Lipinski definition) is 1. The number of thiocarbonyl (C=S) groups is 1. The number of hydrogen-bond acceptors (Lipinski definition) is 6. The Morgan fingerprint density at radius 3 is 2.74 bits per heavy atom. The molecule has 35 heavy (non-hydrogen) atoms. The average Bonchev–Trinajstić information content (AvgIpc) is 3.68. The Labute approximate surface area is 210 Å². The highest BCUT2D eigenvalue weighted by Gasteiger charge is 2.42. The normalized spacial score (nSPS) is 18.9. The van der Waals surface area contributed by atoms with Crippen molar-refractivity contribution in [1.82, 2.24) is 19.9 Å². The summed E-state index contributed by atoms with van der Waals surface area (Å²) in [4.78, 5) is 11.7. The smallest absolute Gasteiger partial charge is 0.231 e. The third kappa shape index (κ3) is 3.35. The summed E-state index contributed by atoms with van der Waals surface area (Å²) in [5.41, 5.74) is 3.89. The highest BCUT2D eigenvalue weighted by atomic mass is 32.1. The minimum absolute atomic E-state index is 0.155. The van der Waals surface area contributed by atoms with Crippen LogP contribution in [0.2, 0.25) is 0 Å². The molecule has 0 spiro atoms. The van der Waals surface area contributed by atoms with Gasteiger partial charge in [0.25, 0.3) is 0 Å². The van der Waals surface area contributed by atoms with Crippen LogP contribution in [0.15, 0.2) is 85.2 Å². The second kappa shape index (κ2) is 8.07. The van der Waals surface area contributed by atoms with Gasteiger partial charge in [-0.3, -0.25) is 9.55 Å². The lowest BCUT2D eigenvalue weighted by molar-refractivity contribution is 0.174. The molecule has 5 heterocycles. The molecule has 2 aliphatic rings. The molecular formula is C26H19N5O2S2. The Kier molecular flexibility index (Phi) is 4.71. The van der Waals surface area contributed by atoms with E-state index in [-0.39, 0.29) is 18.9 Å². The zero-order chi connectivity index (χ0) is 23.4. The standard InChI is InChI=1S/C26H19N5O2S2/c34-25-29-23(18-7-3-4-12-27-18)24(31(25)16-10-11-20-21(14-16)33-15-32-20)19-8-5-13-30(19)26-28-17-6-1-2-9-22(17)35-26/h1-14,23-24H,15H2,(H,29,34). The summed E-state index contributed by atoms with van der Waals surface area (Å²) in [6, 6.07) is 23.9. The first-order chi connectivity index (χ1) is 17.3. The van der Waals surface area contributed by atoms with Crippen LogP contribution in [0.5, 0.6) is 11.5 Å². The van der Waals surface area contributed by atoms with Gasteiger partial charge in [-0.1, -0.05) is 29.5 Å². The number of nitrogens with one attached hydrogen (secondary N) is 1. The molecule has 1 N–H and O–H groups in total. The van der Waals surface area contributed by atoms with Gasteiger partial charge >= 0.3 is 0 Å². The molecule has 3 aromatic heterocycles. The number of pyridine rings is 1. The van der Waals surface area contributed by atoms with E-state index < -0.39 is 0 Å². The first-order valence-electron chi connectivity index (χ1n) is 11.2. The van der Waals surface area contributed by atoms with Gasteiger partial charge in [-0.15, -0.1) is 0 Å². The lowest BCUT2D eigenvalue weighted by Crippen LogP contribution is -2.30. The van der Waals surface area contributed by atoms with Gasteiger partial charge in [-0.2, -0.15) is 0 Å². The number of rotatable bonds is 4. The zero-order valence-electron chi connectivity index (χ0n) is 18.4. The van der Waals surface area contributed by atoms with E-state index in [4.69, 9.17) is 26.7 Å². The Morgan fingerprint density at radius 2 is 1.86 bits per heavy atom. The van der Waals surface area contributed by atoms with Crippen molar-refractivity contribution in [3.8, 4) is 16.6 Å². The molecule has 5 aromatic rings. The molecule has 2 atom stereocenters. The summed E-state index contributed by atoms with van der Waals surface area (Å²) in [5, 5.41) is 5.06. The topological polar surface area (TPSA) is 64.4 Å². The second-order valence-corrected chi connectivity index (χ2v) is 9.70. The van der Waals surface area contributed by atoms with Crippen LogP contribution in [-0.4, -0.2) is 26.4 Å². The fraction of sp³-hybridized carbons (Fsp3) is 0.115. The predicted octanol–water partition coefficient (Wildman–Crippen LogP) is 5.39. The molecule has 7 rings (SSSR count). The molecule has 0 saturated carbocycles. The molecule has 1 saturated heterocycles. The molecule has 2 aromatic carbocycles. The SMILES string of the molecule is S=C1NC(c2ccccn2)C(c2cccn2-c2nc3ccccc3s2)N1c1ccc2c(c1)OCO2. The monoisotopic (exact) mass is 497 g/mol. The number of benzene rings is 2. The van der Waals surface area contributed by atoms with Crippen molar-refractivity contribution in [2.45, 2.75) is 12.1 Å². The number of nitrogens with zero attached hydrogens (tertiary/aromatic N) is 4. The maximum atomic E-state index is 5.88. The fourth-order valence-electron chi connectivity index (χ4n) is 4.74. The molecule has 2 unspecified atom stereocenters. The molecular weight excluding hydrogens is 478 g/mol. The third-order valence-corrected chi connectivity index (χ3v) is 7.65. The Bertz CT molecular complexity index is 1530. The van der Waals surface area contributed by atoms with Crippen LogP contribution >= 0.6 is 23.6 Å². The maximum absolute atomic E-state index is 5.88. The minimum atomic E-state index is -0.167. The molecule has 172 valence electrons. The molecule has 9 heteroatoms. The fourth-order valence-corrected chi connectivity index (χ4v) is 6.06. The highest BCUT2D eigenvalue weighted by Crippen LogP contribution is 2.45. The van der Waals surface area contributed by atoms with Gasteiger partial charge in [0.15, 0.2) is 21.7 Å². The number of thiazole rings is 1. The molecule has 1 fully saturated rings. The first-order valence-corrected chi connectivity index (χ1v) is 12.4. The largest absolute Gasteiger partial charge is 0.454 e. The molecule has 0 aliphatic carbocycles. The van der Waals surface area contributed by atoms with Crippen molar-refractivity contribution < 1.29 is 9.47 Å². The van der Waals surface area contributed by atoms with Gasteiger partial charge in [-0.25, -0.2) is 4.98 Å². The summed E-state index contributed by atoms with van der Waals surface area (Å²) in [5.74, 6) is 1.45. The van der Waals surface area contributed by atoms with E-state index in [2.05, 4.69) is 44.2 Å². The number of ether oxygens (including phenoxy) is 2. The number of aromatic nitrogens is 3. The van der Waals surface area contributed by atoms with Crippen LogP contribution in [0.1, 0.15) is 23.5 Å². The summed E-state index contributed by atoms with van der Waals surface area (Å²) < 4.78 is 14.5. The van der Waals surface area contributed by atoms with Crippen molar-refractivity contribution in [2.24, 2.45) is 0 Å². The van der Waals surface area contributed by atoms with Crippen LogP contribution in [0.25, 0.3) is 15.3 Å². The number of para-hydroxylation sites is 1. The van der Waals surface area contributed by atoms with E-state index in [1.54, 1.807) is 11.3 Å². The second-order valence-electron chi connectivity index (χ2n) is 8.30. The van der Waals surface area contributed by atoms with Gasteiger partial charge in [0.1, 0.15) is 6.04 Å². The molecule has 0 amide bonds. The average molecular weight is 498 g/mol. The maximum Gasteiger partial charge on any atom is 0.231 e. The van der Waals surface area contributed by atoms with Crippen LogP contribution in [-0.2, 0) is 0 Å². The van der Waals surface area contributed by atoms with Gasteiger partial charge in [-0.05, 0) is 60.7 Å². The van der Waals surface area contributed by atoms with Crippen molar-refractivity contribution >= 4 is 44.6 Å². The molecule has 0 bridgehead atoms. The van der Waals surface area contributed by atoms with Gasteiger partial charge in [0.05, 0.1) is 27.6 Å². The Hall–Kier alpha value is -3.95. The van der Waals surface area contributed by atoms with Crippen LogP contribution in [0.4, 0.5) is 5.69 Å². The van der Waals surface area contributed by atoms with Crippen molar-refractivity contribution in [2.75, 3.05) is 11.7 Å². The molecule has 7 nitrogen and oxygen atoms in total. The van der Waals surface area contributed by atoms with Crippen LogP contribution < -0.4 is 19.7 Å². The van der Waals surface area contributed by atoms with E-state index in [1.165, 1.54) is 0 Å². The summed E-state index contributed by atoms with van der Waals surface area (Å²) in [6.45, 7) is 0.224. The van der Waals surface area contributed by atoms with Gasteiger partial charge in [0, 0.05) is 24.1 Å². The van der Waals surface area contributed by atoms with E-state index in [1.807, 2.05) is 60.8 Å². The molecule has 0 radical (unpaired) electrons. The minimum Gasteiger partial charge on any atom is -0.454 e. The van der Waals surface area contributed by atoms with Crippen molar-refractivity contribution in [3.63, 3.8) is 0 Å². The van der Waals surface area contributed by atoms with E-state index in [0.29, 0.717) is 10.9 Å². The molecule has 2 aliphatic heterocycles. The summed E-state index contributed by atoms with van der Waals surface area (Å²) in [7, 11) is 0. The van der Waals surface area contributed by atoms with Crippen LogP contribution in [0, 0.1) is 0 Å². The first kappa shape index (κ1) is 20.4. The summed E-state index contributed by atoms with van der Waals surface area (Å²) >= 11 is 7.55. The highest BCUT2D eigenvalue weighted by molar-refractivity contribution is 7.80. The number of fused-ring (bicyclic) bond motifs is 2. The van der Waals surface area contributed by atoms with Crippen molar-refractivity contribution in [1.29, 1.82) is 0 Å². The Morgan fingerprint density at radius 1 is 0.971 bits per heavy atom. The summed E-state index contributed by atoms with van der Waals surface area (Å²) in [6.07, 6.45) is 3.87.